The molecular formula is C18H25NO2. The predicted octanol–water partition coefficient (Wildman–Crippen LogP) is 4.44. The van der Waals surface area contributed by atoms with Crippen LogP contribution in [0.15, 0.2) is 30.8 Å². The molecule has 0 atom stereocenters. The summed E-state index contributed by atoms with van der Waals surface area (Å²) in [5.41, 5.74) is 1.28. The average molecular weight is 287 g/mol. The van der Waals surface area contributed by atoms with E-state index >= 15 is 0 Å². The van der Waals surface area contributed by atoms with Gasteiger partial charge in [-0.2, -0.15) is 0 Å². The Morgan fingerprint density at radius 2 is 1.67 bits per heavy atom. The molecule has 0 unspecified atom stereocenters. The Labute approximate surface area is 127 Å². The number of piperidine rings is 1. The van der Waals surface area contributed by atoms with Crippen LogP contribution in [-0.4, -0.2) is 22.1 Å². The van der Waals surface area contributed by atoms with Crippen molar-refractivity contribution in [2.24, 2.45) is 0 Å². The minimum absolute atomic E-state index is 0.140. The SMILES string of the molecule is C=Cc1ccc(C(=O)ON2C(C)(C)CCCC2(C)C)cc1. The van der Waals surface area contributed by atoms with Crippen LogP contribution in [0.5, 0.6) is 0 Å². The molecule has 0 amide bonds. The molecule has 0 radical (unpaired) electrons. The highest BCUT2D eigenvalue weighted by Crippen LogP contribution is 2.38. The Balaban J connectivity index is 2.17. The number of carbonyl (C=O) groups is 1. The lowest BCUT2D eigenvalue weighted by atomic mass is 9.82. The van der Waals surface area contributed by atoms with Crippen molar-refractivity contribution in [2.75, 3.05) is 0 Å². The Morgan fingerprint density at radius 3 is 2.14 bits per heavy atom. The number of nitrogens with zero attached hydrogens (tertiary/aromatic N) is 1. The molecule has 0 aromatic heterocycles. The summed E-state index contributed by atoms with van der Waals surface area (Å²) in [5.74, 6) is -0.298. The lowest BCUT2D eigenvalue weighted by molar-refractivity contribution is -0.240. The normalized spacial score (nSPS) is 20.8. The lowest BCUT2D eigenvalue weighted by Crippen LogP contribution is -2.58. The summed E-state index contributed by atoms with van der Waals surface area (Å²) in [6, 6.07) is 7.30. The Hall–Kier alpha value is -1.61. The molecule has 1 aliphatic heterocycles. The van der Waals surface area contributed by atoms with E-state index in [4.69, 9.17) is 4.84 Å². The Kier molecular flexibility index (Phi) is 4.24. The largest absolute Gasteiger partial charge is 0.363 e. The molecule has 3 heteroatoms. The van der Waals surface area contributed by atoms with E-state index in [0.717, 1.165) is 24.8 Å². The zero-order chi connectivity index (χ0) is 15.7. The first kappa shape index (κ1) is 15.8. The number of benzene rings is 1. The maximum atomic E-state index is 12.4. The van der Waals surface area contributed by atoms with Gasteiger partial charge in [-0.1, -0.05) is 24.8 Å². The van der Waals surface area contributed by atoms with Gasteiger partial charge in [0.25, 0.3) is 0 Å². The monoisotopic (exact) mass is 287 g/mol. The van der Waals surface area contributed by atoms with Crippen molar-refractivity contribution < 1.29 is 9.63 Å². The molecule has 0 aliphatic carbocycles. The first-order valence-electron chi connectivity index (χ1n) is 7.51. The number of hydrogen-bond acceptors (Lipinski definition) is 3. The van der Waals surface area contributed by atoms with Gasteiger partial charge < -0.3 is 4.84 Å². The summed E-state index contributed by atoms with van der Waals surface area (Å²) < 4.78 is 0. The molecule has 1 saturated heterocycles. The van der Waals surface area contributed by atoms with Crippen LogP contribution in [0, 0.1) is 0 Å². The van der Waals surface area contributed by atoms with E-state index < -0.39 is 0 Å². The fourth-order valence-corrected chi connectivity index (χ4v) is 3.11. The van der Waals surface area contributed by atoms with Gasteiger partial charge >= 0.3 is 5.97 Å². The summed E-state index contributed by atoms with van der Waals surface area (Å²) in [5, 5.41) is 1.88. The first-order chi connectivity index (χ1) is 9.76. The van der Waals surface area contributed by atoms with Gasteiger partial charge in [-0.25, -0.2) is 4.79 Å². The lowest BCUT2D eigenvalue weighted by Gasteiger charge is -2.50. The second-order valence-corrected chi connectivity index (χ2v) is 6.98. The van der Waals surface area contributed by atoms with Crippen molar-refractivity contribution in [1.82, 2.24) is 5.06 Å². The highest BCUT2D eigenvalue weighted by Gasteiger charge is 2.44. The number of hydroxylamine groups is 2. The molecule has 1 heterocycles. The highest BCUT2D eigenvalue weighted by atomic mass is 16.7. The van der Waals surface area contributed by atoms with Gasteiger partial charge in [0, 0.05) is 0 Å². The maximum Gasteiger partial charge on any atom is 0.357 e. The van der Waals surface area contributed by atoms with Gasteiger partial charge in [-0.3, -0.25) is 0 Å². The fraction of sp³-hybridized carbons (Fsp3) is 0.500. The van der Waals surface area contributed by atoms with Gasteiger partial charge in [0.15, 0.2) is 0 Å². The fourth-order valence-electron chi connectivity index (χ4n) is 3.11. The number of carbonyl (C=O) groups excluding carboxylic acids is 1. The second-order valence-electron chi connectivity index (χ2n) is 6.98. The van der Waals surface area contributed by atoms with E-state index in [9.17, 15) is 4.79 Å². The van der Waals surface area contributed by atoms with Crippen molar-refractivity contribution in [3.05, 3.63) is 42.0 Å². The van der Waals surface area contributed by atoms with Crippen molar-refractivity contribution in [1.29, 1.82) is 0 Å². The summed E-state index contributed by atoms with van der Waals surface area (Å²) in [6.07, 6.45) is 4.96. The smallest absolute Gasteiger partial charge is 0.357 e. The van der Waals surface area contributed by atoms with E-state index in [1.807, 2.05) is 17.2 Å². The molecule has 3 nitrogen and oxygen atoms in total. The summed E-state index contributed by atoms with van der Waals surface area (Å²) in [4.78, 5) is 18.1. The van der Waals surface area contributed by atoms with Crippen LogP contribution in [0.25, 0.3) is 6.08 Å². The topological polar surface area (TPSA) is 29.5 Å². The quantitative estimate of drug-likeness (QED) is 0.823. The minimum atomic E-state index is -0.298. The molecule has 2 rings (SSSR count). The van der Waals surface area contributed by atoms with Gasteiger partial charge in [0.1, 0.15) is 0 Å². The molecule has 0 spiro atoms. The molecule has 0 N–H and O–H groups in total. The average Bonchev–Trinajstić information content (AvgIpc) is 2.42. The minimum Gasteiger partial charge on any atom is -0.363 e. The van der Waals surface area contributed by atoms with E-state index in [0.29, 0.717) is 5.56 Å². The zero-order valence-electron chi connectivity index (χ0n) is 13.5. The Morgan fingerprint density at radius 1 is 1.14 bits per heavy atom. The molecule has 1 aromatic carbocycles. The maximum absolute atomic E-state index is 12.4. The van der Waals surface area contributed by atoms with Crippen LogP contribution in [0.3, 0.4) is 0 Å². The molecule has 0 saturated carbocycles. The summed E-state index contributed by atoms with van der Waals surface area (Å²) in [7, 11) is 0. The standard InChI is InChI=1S/C18H25NO2/c1-6-14-8-10-15(11-9-14)16(20)21-19-17(2,3)12-7-13-18(19,4)5/h6,8-11H,1,7,12-13H2,2-5H3. The van der Waals surface area contributed by atoms with E-state index in [-0.39, 0.29) is 17.0 Å². The highest BCUT2D eigenvalue weighted by molar-refractivity contribution is 5.89. The molecule has 1 aromatic rings. The van der Waals surface area contributed by atoms with Crippen LogP contribution in [0.4, 0.5) is 0 Å². The van der Waals surface area contributed by atoms with Crippen LogP contribution < -0.4 is 0 Å². The van der Waals surface area contributed by atoms with Gasteiger partial charge in [-0.05, 0) is 64.7 Å². The van der Waals surface area contributed by atoms with Crippen molar-refractivity contribution >= 4 is 12.0 Å². The first-order valence-corrected chi connectivity index (χ1v) is 7.51. The molecule has 21 heavy (non-hydrogen) atoms. The van der Waals surface area contributed by atoms with Crippen LogP contribution >= 0.6 is 0 Å². The van der Waals surface area contributed by atoms with Crippen molar-refractivity contribution in [3.63, 3.8) is 0 Å². The molecule has 1 fully saturated rings. The van der Waals surface area contributed by atoms with Crippen molar-refractivity contribution in [2.45, 2.75) is 58.0 Å². The molecule has 1 aliphatic rings. The van der Waals surface area contributed by atoms with Crippen LogP contribution in [0.2, 0.25) is 0 Å². The van der Waals surface area contributed by atoms with E-state index in [1.54, 1.807) is 18.2 Å². The summed E-state index contributed by atoms with van der Waals surface area (Å²) >= 11 is 0. The third kappa shape index (κ3) is 3.35. The van der Waals surface area contributed by atoms with E-state index in [2.05, 4.69) is 34.3 Å². The molecular weight excluding hydrogens is 262 g/mol. The third-order valence-corrected chi connectivity index (χ3v) is 4.23. The third-order valence-electron chi connectivity index (χ3n) is 4.23. The predicted molar refractivity (Wildman–Crippen MR) is 85.8 cm³/mol. The van der Waals surface area contributed by atoms with Crippen LogP contribution in [0.1, 0.15) is 62.9 Å². The zero-order valence-corrected chi connectivity index (χ0v) is 13.5. The molecule has 0 bridgehead atoms. The van der Waals surface area contributed by atoms with Gasteiger partial charge in [0.05, 0.1) is 16.6 Å². The summed E-state index contributed by atoms with van der Waals surface area (Å²) in [6.45, 7) is 12.2. The number of hydrogen-bond donors (Lipinski definition) is 0. The van der Waals surface area contributed by atoms with Crippen LogP contribution in [-0.2, 0) is 4.84 Å². The Bertz CT molecular complexity index is 513. The van der Waals surface area contributed by atoms with Gasteiger partial charge in [0.2, 0.25) is 0 Å². The number of rotatable bonds is 3. The van der Waals surface area contributed by atoms with Crippen molar-refractivity contribution in [3.8, 4) is 0 Å². The second kappa shape index (κ2) is 5.64. The van der Waals surface area contributed by atoms with E-state index in [1.165, 1.54) is 0 Å². The molecule has 114 valence electrons. The van der Waals surface area contributed by atoms with Gasteiger partial charge in [-0.15, -0.1) is 5.06 Å².